The number of halogens is 1. The zero-order chi connectivity index (χ0) is 14.8. The lowest BCUT2D eigenvalue weighted by molar-refractivity contribution is 0.590. The molecule has 5 nitrogen and oxygen atoms in total. The van der Waals surface area contributed by atoms with Gasteiger partial charge in [-0.25, -0.2) is 13.4 Å². The van der Waals surface area contributed by atoms with Crippen LogP contribution >= 0.6 is 11.6 Å². The van der Waals surface area contributed by atoms with Crippen molar-refractivity contribution in [1.82, 2.24) is 9.55 Å². The molecule has 0 aliphatic carbocycles. The van der Waals surface area contributed by atoms with Crippen LogP contribution < -0.4 is 0 Å². The molecule has 0 fully saturated rings. The van der Waals surface area contributed by atoms with E-state index >= 15 is 0 Å². The molecule has 20 heavy (non-hydrogen) atoms. The summed E-state index contributed by atoms with van der Waals surface area (Å²) >= 11 is 5.87. The van der Waals surface area contributed by atoms with Crippen LogP contribution in [-0.4, -0.2) is 29.5 Å². The summed E-state index contributed by atoms with van der Waals surface area (Å²) in [6.07, 6.45) is 0. The maximum Gasteiger partial charge on any atom is 0.151 e. The molecular formula is C13H14ClN3O2S. The summed E-state index contributed by atoms with van der Waals surface area (Å²) in [4.78, 5) is 4.34. The van der Waals surface area contributed by atoms with Gasteiger partial charge in [-0.1, -0.05) is 13.0 Å². The van der Waals surface area contributed by atoms with Crippen molar-refractivity contribution in [3.05, 3.63) is 29.6 Å². The minimum atomic E-state index is -3.06. The molecule has 0 radical (unpaired) electrons. The number of rotatable bonds is 5. The van der Waals surface area contributed by atoms with Gasteiger partial charge < -0.3 is 4.57 Å². The van der Waals surface area contributed by atoms with Gasteiger partial charge in [0, 0.05) is 12.3 Å². The van der Waals surface area contributed by atoms with E-state index in [2.05, 4.69) is 11.1 Å². The summed E-state index contributed by atoms with van der Waals surface area (Å²) in [5.74, 6) is 0.899. The topological polar surface area (TPSA) is 75.8 Å². The second-order valence-electron chi connectivity index (χ2n) is 4.33. The van der Waals surface area contributed by atoms with Crippen molar-refractivity contribution in [2.24, 2.45) is 0 Å². The van der Waals surface area contributed by atoms with Gasteiger partial charge in [-0.2, -0.15) is 5.26 Å². The summed E-state index contributed by atoms with van der Waals surface area (Å²) in [5, 5.41) is 9.08. The fourth-order valence-electron chi connectivity index (χ4n) is 2.01. The van der Waals surface area contributed by atoms with Crippen LogP contribution in [0.15, 0.2) is 18.2 Å². The molecule has 0 bridgehead atoms. The Kier molecular flexibility index (Phi) is 4.31. The van der Waals surface area contributed by atoms with Crippen molar-refractivity contribution in [1.29, 1.82) is 5.26 Å². The molecule has 1 aromatic carbocycles. The number of imidazole rings is 1. The van der Waals surface area contributed by atoms with E-state index in [4.69, 9.17) is 16.9 Å². The van der Waals surface area contributed by atoms with Crippen LogP contribution in [0.2, 0.25) is 0 Å². The van der Waals surface area contributed by atoms with Gasteiger partial charge in [-0.3, -0.25) is 0 Å². The molecule has 1 aromatic heterocycles. The Morgan fingerprint density at radius 3 is 2.80 bits per heavy atom. The fourth-order valence-corrected chi connectivity index (χ4v) is 2.97. The minimum absolute atomic E-state index is 0.0373. The first kappa shape index (κ1) is 14.8. The highest BCUT2D eigenvalue weighted by Gasteiger charge is 2.15. The lowest BCUT2D eigenvalue weighted by Gasteiger charge is -2.07. The van der Waals surface area contributed by atoms with Crippen molar-refractivity contribution >= 4 is 32.5 Å². The molecule has 0 saturated carbocycles. The molecule has 106 valence electrons. The Bertz CT molecular complexity index is 775. The number of nitrogens with zero attached hydrogens (tertiary/aromatic N) is 3. The van der Waals surface area contributed by atoms with Crippen LogP contribution in [0.3, 0.4) is 0 Å². The number of sulfone groups is 1. The molecule has 0 atom stereocenters. The molecule has 1 heterocycles. The first-order valence-corrected chi connectivity index (χ1v) is 8.52. The molecule has 0 aliphatic rings. The molecule has 0 aliphatic heterocycles. The number of aromatic nitrogens is 2. The van der Waals surface area contributed by atoms with Gasteiger partial charge in [0.2, 0.25) is 0 Å². The lowest BCUT2D eigenvalue weighted by atomic mass is 10.2. The Labute approximate surface area is 122 Å². The van der Waals surface area contributed by atoms with Gasteiger partial charge in [-0.15, -0.1) is 11.6 Å². The van der Waals surface area contributed by atoms with Crippen LogP contribution in [0.4, 0.5) is 0 Å². The van der Waals surface area contributed by atoms with Gasteiger partial charge in [0.1, 0.15) is 17.4 Å². The molecule has 0 unspecified atom stereocenters. The zero-order valence-electron chi connectivity index (χ0n) is 11.0. The number of nitriles is 1. The van der Waals surface area contributed by atoms with Crippen molar-refractivity contribution < 1.29 is 8.42 Å². The summed E-state index contributed by atoms with van der Waals surface area (Å²) in [7, 11) is -3.06. The van der Waals surface area contributed by atoms with Gasteiger partial charge in [-0.05, 0) is 12.1 Å². The number of alkyl halides is 1. The van der Waals surface area contributed by atoms with Crippen LogP contribution in [0.5, 0.6) is 0 Å². The number of benzene rings is 1. The quantitative estimate of drug-likeness (QED) is 0.792. The molecule has 0 N–H and O–H groups in total. The van der Waals surface area contributed by atoms with Crippen LogP contribution in [0.25, 0.3) is 11.0 Å². The number of hydrogen-bond donors (Lipinski definition) is 0. The second-order valence-corrected chi connectivity index (χ2v) is 7.07. The molecule has 0 spiro atoms. The summed E-state index contributed by atoms with van der Waals surface area (Å²) in [6, 6.07) is 7.33. The van der Waals surface area contributed by atoms with Crippen LogP contribution in [0.1, 0.15) is 18.3 Å². The number of para-hydroxylation sites is 1. The van der Waals surface area contributed by atoms with E-state index in [1.807, 2.05) is 6.07 Å². The predicted octanol–water partition coefficient (Wildman–Crippen LogP) is 2.08. The standard InChI is InChI=1S/C13H14ClN3O2S/c1-2-20(18,19)7-6-17-11-5-3-4-10(9-15)13(11)16-12(17)8-14/h3-5H,2,6-8H2,1H3. The lowest BCUT2D eigenvalue weighted by Crippen LogP contribution is -2.15. The van der Waals surface area contributed by atoms with Gasteiger partial charge in [0.15, 0.2) is 9.84 Å². The zero-order valence-corrected chi connectivity index (χ0v) is 12.6. The number of hydrogen-bond acceptors (Lipinski definition) is 4. The predicted molar refractivity (Wildman–Crippen MR) is 78.3 cm³/mol. The third kappa shape index (κ3) is 2.79. The smallest absolute Gasteiger partial charge is 0.151 e. The largest absolute Gasteiger partial charge is 0.326 e. The SMILES string of the molecule is CCS(=O)(=O)CCn1c(CCl)nc2c(C#N)cccc21. The highest BCUT2D eigenvalue weighted by atomic mass is 35.5. The van der Waals surface area contributed by atoms with Gasteiger partial charge >= 0.3 is 0 Å². The monoisotopic (exact) mass is 311 g/mol. The molecular weight excluding hydrogens is 298 g/mol. The van der Waals surface area contributed by atoms with Crippen molar-refractivity contribution in [2.75, 3.05) is 11.5 Å². The van der Waals surface area contributed by atoms with Crippen molar-refractivity contribution in [3.63, 3.8) is 0 Å². The maximum absolute atomic E-state index is 11.6. The molecule has 7 heteroatoms. The summed E-state index contributed by atoms with van der Waals surface area (Å²) in [5.41, 5.74) is 1.77. The van der Waals surface area contributed by atoms with E-state index in [9.17, 15) is 8.42 Å². The average molecular weight is 312 g/mol. The maximum atomic E-state index is 11.6. The normalized spacial score (nSPS) is 11.7. The van der Waals surface area contributed by atoms with E-state index < -0.39 is 9.84 Å². The van der Waals surface area contributed by atoms with Gasteiger partial charge in [0.25, 0.3) is 0 Å². The fraction of sp³-hybridized carbons (Fsp3) is 0.385. The summed E-state index contributed by atoms with van der Waals surface area (Å²) in [6.45, 7) is 1.92. The molecule has 0 saturated heterocycles. The molecule has 0 amide bonds. The van der Waals surface area contributed by atoms with E-state index in [0.29, 0.717) is 23.4 Å². The van der Waals surface area contributed by atoms with Crippen LogP contribution in [-0.2, 0) is 22.3 Å². The summed E-state index contributed by atoms with van der Waals surface area (Å²) < 4.78 is 25.0. The van der Waals surface area contributed by atoms with E-state index in [1.165, 1.54) is 0 Å². The number of aryl methyl sites for hydroxylation is 1. The van der Waals surface area contributed by atoms with E-state index in [-0.39, 0.29) is 17.4 Å². The highest BCUT2D eigenvalue weighted by Crippen LogP contribution is 2.21. The third-order valence-corrected chi connectivity index (χ3v) is 5.09. The minimum Gasteiger partial charge on any atom is -0.326 e. The Hall–Kier alpha value is -1.58. The van der Waals surface area contributed by atoms with E-state index in [0.717, 1.165) is 5.52 Å². The molecule has 2 rings (SSSR count). The van der Waals surface area contributed by atoms with Gasteiger partial charge in [0.05, 0.1) is 22.7 Å². The third-order valence-electron chi connectivity index (χ3n) is 3.16. The van der Waals surface area contributed by atoms with E-state index in [1.54, 1.807) is 23.6 Å². The average Bonchev–Trinajstić information content (AvgIpc) is 2.82. The Morgan fingerprint density at radius 2 is 2.20 bits per heavy atom. The highest BCUT2D eigenvalue weighted by molar-refractivity contribution is 7.91. The van der Waals surface area contributed by atoms with Crippen LogP contribution in [0, 0.1) is 11.3 Å². The van der Waals surface area contributed by atoms with Crippen molar-refractivity contribution in [3.8, 4) is 6.07 Å². The Morgan fingerprint density at radius 1 is 1.45 bits per heavy atom. The first-order valence-electron chi connectivity index (χ1n) is 6.17. The van der Waals surface area contributed by atoms with Crippen molar-refractivity contribution in [2.45, 2.75) is 19.3 Å². The Balaban J connectivity index is 2.50. The first-order chi connectivity index (χ1) is 9.52. The molecule has 2 aromatic rings. The second kappa shape index (κ2) is 5.81. The number of fused-ring (bicyclic) bond motifs is 1.